The van der Waals surface area contributed by atoms with E-state index >= 15 is 0 Å². The maximum absolute atomic E-state index is 12.2. The zero-order valence-corrected chi connectivity index (χ0v) is 13.0. The van der Waals surface area contributed by atoms with Gasteiger partial charge in [-0.25, -0.2) is 4.79 Å². The highest BCUT2D eigenvalue weighted by Crippen LogP contribution is 2.22. The number of rotatable bonds is 6. The highest BCUT2D eigenvalue weighted by Gasteiger charge is 2.17. The van der Waals surface area contributed by atoms with Crippen LogP contribution in [0.1, 0.15) is 24.2 Å². The molecule has 0 saturated heterocycles. The number of likely N-dealkylation sites (N-methyl/N-ethyl adjacent to an activating group) is 1. The van der Waals surface area contributed by atoms with Crippen molar-refractivity contribution in [3.63, 3.8) is 0 Å². The summed E-state index contributed by atoms with van der Waals surface area (Å²) < 4.78 is 5.11. The lowest BCUT2D eigenvalue weighted by atomic mass is 10.1. The van der Waals surface area contributed by atoms with Crippen molar-refractivity contribution in [2.45, 2.75) is 13.8 Å². The lowest BCUT2D eigenvalue weighted by molar-refractivity contribution is -0.134. The number of carbonyl (C=O) groups excluding carboxylic acids is 2. The molecular formula is C15H23N3O3. The number of nitrogen functional groups attached to an aromatic ring is 1. The Hall–Kier alpha value is -2.24. The molecule has 0 heterocycles. The van der Waals surface area contributed by atoms with Crippen molar-refractivity contribution in [1.29, 1.82) is 0 Å². The molecule has 0 aromatic heterocycles. The minimum Gasteiger partial charge on any atom is -0.452 e. The Morgan fingerprint density at radius 1 is 1.19 bits per heavy atom. The van der Waals surface area contributed by atoms with E-state index in [0.717, 1.165) is 0 Å². The molecule has 0 fully saturated rings. The first kappa shape index (κ1) is 16.8. The van der Waals surface area contributed by atoms with Gasteiger partial charge >= 0.3 is 5.97 Å². The van der Waals surface area contributed by atoms with Gasteiger partial charge in [0.15, 0.2) is 6.61 Å². The van der Waals surface area contributed by atoms with E-state index in [2.05, 4.69) is 0 Å². The Morgan fingerprint density at radius 3 is 2.33 bits per heavy atom. The summed E-state index contributed by atoms with van der Waals surface area (Å²) in [5.74, 6) is -0.754. The molecule has 6 nitrogen and oxygen atoms in total. The summed E-state index contributed by atoms with van der Waals surface area (Å²) in [5, 5.41) is 0. The van der Waals surface area contributed by atoms with Crippen LogP contribution >= 0.6 is 0 Å². The molecule has 2 N–H and O–H groups in total. The number of carbonyl (C=O) groups is 2. The van der Waals surface area contributed by atoms with Crippen molar-refractivity contribution < 1.29 is 14.3 Å². The van der Waals surface area contributed by atoms with E-state index in [1.807, 2.05) is 27.9 Å². The van der Waals surface area contributed by atoms with Crippen LogP contribution < -0.4 is 10.6 Å². The van der Waals surface area contributed by atoms with Crippen LogP contribution in [0, 0.1) is 0 Å². The number of amides is 1. The van der Waals surface area contributed by atoms with E-state index in [9.17, 15) is 9.59 Å². The fourth-order valence-corrected chi connectivity index (χ4v) is 1.98. The van der Waals surface area contributed by atoms with Crippen LogP contribution in [-0.2, 0) is 9.53 Å². The molecule has 21 heavy (non-hydrogen) atoms. The van der Waals surface area contributed by atoms with Gasteiger partial charge in [-0.3, -0.25) is 4.79 Å². The Kier molecular flexibility index (Phi) is 6.02. The smallest absolute Gasteiger partial charge is 0.340 e. The highest BCUT2D eigenvalue weighted by molar-refractivity contribution is 5.97. The van der Waals surface area contributed by atoms with Crippen LogP contribution in [0.3, 0.4) is 0 Å². The van der Waals surface area contributed by atoms with Gasteiger partial charge in [-0.2, -0.15) is 0 Å². The lowest BCUT2D eigenvalue weighted by Crippen LogP contribution is -2.34. The first-order valence-electron chi connectivity index (χ1n) is 6.92. The Balaban J connectivity index is 2.81. The zero-order valence-electron chi connectivity index (χ0n) is 13.0. The molecule has 0 aliphatic carbocycles. The summed E-state index contributed by atoms with van der Waals surface area (Å²) >= 11 is 0. The van der Waals surface area contributed by atoms with Gasteiger partial charge in [0, 0.05) is 32.9 Å². The van der Waals surface area contributed by atoms with Crippen molar-refractivity contribution in [3.05, 3.63) is 23.8 Å². The van der Waals surface area contributed by atoms with Crippen LogP contribution in [0.15, 0.2) is 18.2 Å². The van der Waals surface area contributed by atoms with Crippen molar-refractivity contribution in [3.8, 4) is 0 Å². The second-order valence-electron chi connectivity index (χ2n) is 4.81. The minimum absolute atomic E-state index is 0.205. The molecule has 1 rings (SSSR count). The standard InChI is InChI=1S/C15H23N3O3/c1-5-18(6-2)14(19)10-21-15(20)12-9-11(16)7-8-13(12)17(3)4/h7-9H,5-6,10,16H2,1-4H3. The molecule has 0 spiro atoms. The first-order chi connectivity index (χ1) is 9.90. The molecule has 1 aromatic rings. The summed E-state index contributed by atoms with van der Waals surface area (Å²) in [4.78, 5) is 27.4. The predicted octanol–water partition coefficient (Wildman–Crippen LogP) is 1.36. The van der Waals surface area contributed by atoms with Crippen LogP contribution in [0.2, 0.25) is 0 Å². The van der Waals surface area contributed by atoms with Gasteiger partial charge in [-0.05, 0) is 32.0 Å². The number of hydrogen-bond acceptors (Lipinski definition) is 5. The number of anilines is 2. The van der Waals surface area contributed by atoms with Gasteiger partial charge < -0.3 is 20.3 Å². The van der Waals surface area contributed by atoms with Gasteiger partial charge in [-0.15, -0.1) is 0 Å². The molecule has 1 aromatic carbocycles. The highest BCUT2D eigenvalue weighted by atomic mass is 16.5. The van der Waals surface area contributed by atoms with Gasteiger partial charge in [0.2, 0.25) is 0 Å². The Labute approximate surface area is 125 Å². The van der Waals surface area contributed by atoms with E-state index in [1.165, 1.54) is 0 Å². The number of ether oxygens (including phenoxy) is 1. The van der Waals surface area contributed by atoms with Gasteiger partial charge in [0.05, 0.1) is 11.3 Å². The molecule has 6 heteroatoms. The molecule has 0 unspecified atom stereocenters. The average Bonchev–Trinajstić information content (AvgIpc) is 2.45. The number of benzene rings is 1. The SMILES string of the molecule is CCN(CC)C(=O)COC(=O)c1cc(N)ccc1N(C)C. The average molecular weight is 293 g/mol. The summed E-state index contributed by atoms with van der Waals surface area (Å²) in [7, 11) is 3.65. The van der Waals surface area contributed by atoms with Crippen LogP contribution in [0.5, 0.6) is 0 Å². The van der Waals surface area contributed by atoms with Gasteiger partial charge in [0.25, 0.3) is 5.91 Å². The third-order valence-electron chi connectivity index (χ3n) is 3.17. The van der Waals surface area contributed by atoms with E-state index < -0.39 is 5.97 Å². The van der Waals surface area contributed by atoms with Crippen LogP contribution in [0.4, 0.5) is 11.4 Å². The molecular weight excluding hydrogens is 270 g/mol. The summed E-state index contributed by atoms with van der Waals surface area (Å²) in [6.07, 6.45) is 0. The van der Waals surface area contributed by atoms with E-state index in [1.54, 1.807) is 28.0 Å². The first-order valence-corrected chi connectivity index (χ1v) is 6.92. The number of esters is 1. The molecule has 0 bridgehead atoms. The molecule has 116 valence electrons. The largest absolute Gasteiger partial charge is 0.452 e. The second kappa shape index (κ2) is 7.52. The van der Waals surface area contributed by atoms with Crippen LogP contribution in [0.25, 0.3) is 0 Å². The third-order valence-corrected chi connectivity index (χ3v) is 3.17. The molecule has 0 aliphatic rings. The quantitative estimate of drug-likeness (QED) is 0.633. The zero-order chi connectivity index (χ0) is 16.0. The number of nitrogens with zero attached hydrogens (tertiary/aromatic N) is 2. The van der Waals surface area contributed by atoms with Crippen molar-refractivity contribution >= 4 is 23.3 Å². The fraction of sp³-hybridized carbons (Fsp3) is 0.467. The lowest BCUT2D eigenvalue weighted by Gasteiger charge is -2.19. The van der Waals surface area contributed by atoms with E-state index in [0.29, 0.717) is 30.0 Å². The Bertz CT molecular complexity index is 511. The molecule has 0 radical (unpaired) electrons. The molecule has 1 amide bonds. The van der Waals surface area contributed by atoms with E-state index in [4.69, 9.17) is 10.5 Å². The molecule has 0 saturated carbocycles. The number of nitrogens with two attached hydrogens (primary N) is 1. The Morgan fingerprint density at radius 2 is 1.81 bits per heavy atom. The maximum atomic E-state index is 12.2. The normalized spacial score (nSPS) is 10.1. The van der Waals surface area contributed by atoms with E-state index in [-0.39, 0.29) is 12.5 Å². The molecule has 0 aliphatic heterocycles. The second-order valence-corrected chi connectivity index (χ2v) is 4.81. The minimum atomic E-state index is -0.550. The fourth-order valence-electron chi connectivity index (χ4n) is 1.98. The van der Waals surface area contributed by atoms with Crippen LogP contribution in [-0.4, -0.2) is 50.6 Å². The maximum Gasteiger partial charge on any atom is 0.340 e. The predicted molar refractivity (Wildman–Crippen MR) is 83.4 cm³/mol. The molecule has 0 atom stereocenters. The summed E-state index contributed by atoms with van der Waals surface area (Å²) in [5.41, 5.74) is 7.24. The summed E-state index contributed by atoms with van der Waals surface area (Å²) in [6, 6.07) is 5.02. The van der Waals surface area contributed by atoms with Gasteiger partial charge in [0.1, 0.15) is 0 Å². The van der Waals surface area contributed by atoms with Crippen molar-refractivity contribution in [2.75, 3.05) is 44.4 Å². The van der Waals surface area contributed by atoms with Crippen molar-refractivity contribution in [1.82, 2.24) is 4.90 Å². The summed E-state index contributed by atoms with van der Waals surface area (Å²) in [6.45, 7) is 4.68. The monoisotopic (exact) mass is 293 g/mol. The van der Waals surface area contributed by atoms with Gasteiger partial charge in [-0.1, -0.05) is 0 Å². The third kappa shape index (κ3) is 4.37. The number of hydrogen-bond donors (Lipinski definition) is 1. The van der Waals surface area contributed by atoms with Crippen molar-refractivity contribution in [2.24, 2.45) is 0 Å². The topological polar surface area (TPSA) is 75.9 Å².